The average Bonchev–Trinajstić information content (AvgIpc) is 2.91. The Morgan fingerprint density at radius 2 is 1.83 bits per heavy atom. The minimum atomic E-state index is -0.0580. The molecule has 1 heterocycles. The zero-order valence-corrected chi connectivity index (χ0v) is 14.9. The van der Waals surface area contributed by atoms with Crippen molar-refractivity contribution < 1.29 is 9.59 Å². The van der Waals surface area contributed by atoms with Gasteiger partial charge in [-0.3, -0.25) is 9.59 Å². The van der Waals surface area contributed by atoms with Crippen LogP contribution < -0.4 is 0 Å². The van der Waals surface area contributed by atoms with Gasteiger partial charge in [0.2, 0.25) is 5.91 Å². The highest BCUT2D eigenvalue weighted by Gasteiger charge is 2.16. The molecule has 1 amide bonds. The number of hydrogen-bond acceptors (Lipinski definition) is 4. The van der Waals surface area contributed by atoms with Crippen molar-refractivity contribution in [2.24, 2.45) is 0 Å². The molecule has 0 fully saturated rings. The first-order chi connectivity index (χ1) is 11.4. The molecule has 0 aliphatic rings. The lowest BCUT2D eigenvalue weighted by Crippen LogP contribution is -2.26. The number of carbonyl (C=O) groups excluding carboxylic acids is 2. The van der Waals surface area contributed by atoms with E-state index in [1.807, 2.05) is 32.0 Å². The Morgan fingerprint density at radius 3 is 2.38 bits per heavy atom. The van der Waals surface area contributed by atoms with Crippen molar-refractivity contribution in [1.29, 1.82) is 5.26 Å². The molecule has 5 heteroatoms. The van der Waals surface area contributed by atoms with E-state index in [-0.39, 0.29) is 24.5 Å². The zero-order chi connectivity index (χ0) is 17.7. The normalized spacial score (nSPS) is 10.2. The summed E-state index contributed by atoms with van der Waals surface area (Å²) in [4.78, 5) is 28.2. The Balaban J connectivity index is 1.88. The molecule has 0 atom stereocenters. The SMILES string of the molecule is Cc1cc(C(=O)CCC(=O)N(C)Cc2ccc(C#N)cc2)c(C)s1. The van der Waals surface area contributed by atoms with Gasteiger partial charge in [-0.2, -0.15) is 5.26 Å². The Hall–Kier alpha value is -2.45. The van der Waals surface area contributed by atoms with E-state index in [1.165, 1.54) is 0 Å². The number of nitriles is 1. The van der Waals surface area contributed by atoms with Crippen molar-refractivity contribution in [1.82, 2.24) is 4.90 Å². The number of nitrogens with zero attached hydrogens (tertiary/aromatic N) is 2. The fourth-order valence-electron chi connectivity index (χ4n) is 2.50. The molecule has 0 saturated carbocycles. The maximum absolute atomic E-state index is 12.2. The summed E-state index contributed by atoms with van der Waals surface area (Å²) in [6.07, 6.45) is 0.438. The monoisotopic (exact) mass is 340 g/mol. The van der Waals surface area contributed by atoms with Gasteiger partial charge < -0.3 is 4.90 Å². The quantitative estimate of drug-likeness (QED) is 0.750. The average molecular weight is 340 g/mol. The van der Waals surface area contributed by atoms with E-state index in [0.717, 1.165) is 20.9 Å². The Morgan fingerprint density at radius 1 is 1.17 bits per heavy atom. The summed E-state index contributed by atoms with van der Waals surface area (Å²) < 4.78 is 0. The predicted octanol–water partition coefficient (Wildman–Crippen LogP) is 3.86. The van der Waals surface area contributed by atoms with Crippen LogP contribution >= 0.6 is 11.3 Å². The standard InChI is InChI=1S/C19H20N2O2S/c1-13-10-17(14(2)24-13)18(22)8-9-19(23)21(3)12-16-6-4-15(11-20)5-7-16/h4-7,10H,8-9,12H2,1-3H3. The molecule has 2 aromatic rings. The lowest BCUT2D eigenvalue weighted by molar-refractivity contribution is -0.130. The van der Waals surface area contributed by atoms with E-state index in [4.69, 9.17) is 5.26 Å². The number of benzene rings is 1. The molecular weight excluding hydrogens is 320 g/mol. The van der Waals surface area contributed by atoms with Crippen molar-refractivity contribution in [2.75, 3.05) is 7.05 Å². The second-order valence-corrected chi connectivity index (χ2v) is 7.27. The van der Waals surface area contributed by atoms with E-state index in [0.29, 0.717) is 12.1 Å². The van der Waals surface area contributed by atoms with Gasteiger partial charge in [-0.05, 0) is 37.6 Å². The number of carbonyl (C=O) groups is 2. The number of amides is 1. The van der Waals surface area contributed by atoms with Crippen molar-refractivity contribution in [3.63, 3.8) is 0 Å². The van der Waals surface area contributed by atoms with Crippen molar-refractivity contribution in [2.45, 2.75) is 33.2 Å². The lowest BCUT2D eigenvalue weighted by Gasteiger charge is -2.17. The van der Waals surface area contributed by atoms with Crippen LogP contribution in [0.25, 0.3) is 0 Å². The molecule has 1 aromatic carbocycles. The fraction of sp³-hybridized carbons (Fsp3) is 0.316. The first kappa shape index (κ1) is 17.9. The number of Topliss-reactive ketones (excluding diaryl/α,β-unsaturated/α-hetero) is 1. The molecule has 0 bridgehead atoms. The second kappa shape index (κ2) is 7.89. The molecule has 0 unspecified atom stereocenters. The smallest absolute Gasteiger partial charge is 0.223 e. The van der Waals surface area contributed by atoms with Gasteiger partial charge in [0.25, 0.3) is 0 Å². The zero-order valence-electron chi connectivity index (χ0n) is 14.1. The molecule has 0 saturated heterocycles. The van der Waals surface area contributed by atoms with Gasteiger partial charge in [-0.15, -0.1) is 11.3 Å². The summed E-state index contributed by atoms with van der Waals surface area (Å²) in [5.74, 6) is -0.0331. The second-order valence-electron chi connectivity index (χ2n) is 5.81. The van der Waals surface area contributed by atoms with E-state index in [1.54, 1.807) is 35.4 Å². The Kier molecular flexibility index (Phi) is 5.88. The van der Waals surface area contributed by atoms with Crippen LogP contribution in [0.5, 0.6) is 0 Å². The van der Waals surface area contributed by atoms with Crippen LogP contribution in [0.2, 0.25) is 0 Å². The summed E-state index contributed by atoms with van der Waals surface area (Å²) in [6, 6.07) is 11.1. The molecule has 2 rings (SSSR count). The Bertz CT molecular complexity index is 785. The highest BCUT2D eigenvalue weighted by Crippen LogP contribution is 2.22. The van der Waals surface area contributed by atoms with Crippen LogP contribution in [0.3, 0.4) is 0 Å². The molecule has 124 valence electrons. The highest BCUT2D eigenvalue weighted by atomic mass is 32.1. The van der Waals surface area contributed by atoms with Gasteiger partial charge >= 0.3 is 0 Å². The molecular formula is C19H20N2O2S. The van der Waals surface area contributed by atoms with Crippen LogP contribution in [-0.2, 0) is 11.3 Å². The molecule has 0 aliphatic carbocycles. The van der Waals surface area contributed by atoms with Crippen molar-refractivity contribution in [3.05, 3.63) is 56.8 Å². The molecule has 24 heavy (non-hydrogen) atoms. The third kappa shape index (κ3) is 4.53. The largest absolute Gasteiger partial charge is 0.341 e. The maximum Gasteiger partial charge on any atom is 0.223 e. The number of hydrogen-bond donors (Lipinski definition) is 0. The van der Waals surface area contributed by atoms with Gasteiger partial charge in [-0.25, -0.2) is 0 Å². The van der Waals surface area contributed by atoms with Crippen LogP contribution in [-0.4, -0.2) is 23.6 Å². The molecule has 0 radical (unpaired) electrons. The van der Waals surface area contributed by atoms with Gasteiger partial charge in [0, 0.05) is 41.8 Å². The van der Waals surface area contributed by atoms with Crippen molar-refractivity contribution >= 4 is 23.0 Å². The van der Waals surface area contributed by atoms with Gasteiger partial charge in [0.15, 0.2) is 5.78 Å². The van der Waals surface area contributed by atoms with Crippen LogP contribution in [0.4, 0.5) is 0 Å². The molecule has 4 nitrogen and oxygen atoms in total. The molecule has 0 spiro atoms. The fourth-order valence-corrected chi connectivity index (χ4v) is 3.44. The van der Waals surface area contributed by atoms with Gasteiger partial charge in [-0.1, -0.05) is 12.1 Å². The summed E-state index contributed by atoms with van der Waals surface area (Å²) in [6.45, 7) is 4.38. The van der Waals surface area contributed by atoms with Crippen LogP contribution in [0.15, 0.2) is 30.3 Å². The van der Waals surface area contributed by atoms with E-state index < -0.39 is 0 Å². The number of ketones is 1. The molecule has 1 aromatic heterocycles. The first-order valence-electron chi connectivity index (χ1n) is 7.74. The summed E-state index contributed by atoms with van der Waals surface area (Å²) in [7, 11) is 1.73. The molecule has 0 N–H and O–H groups in total. The van der Waals surface area contributed by atoms with Crippen LogP contribution in [0, 0.1) is 25.2 Å². The molecule has 0 aliphatic heterocycles. The topological polar surface area (TPSA) is 61.2 Å². The minimum absolute atomic E-state index is 0.0250. The number of thiophene rings is 1. The predicted molar refractivity (Wildman–Crippen MR) is 95.0 cm³/mol. The summed E-state index contributed by atoms with van der Waals surface area (Å²) in [5.41, 5.74) is 2.29. The highest BCUT2D eigenvalue weighted by molar-refractivity contribution is 7.12. The third-order valence-corrected chi connectivity index (χ3v) is 4.80. The van der Waals surface area contributed by atoms with E-state index in [9.17, 15) is 9.59 Å². The number of rotatable bonds is 6. The van der Waals surface area contributed by atoms with Gasteiger partial charge in [0.05, 0.1) is 11.6 Å². The summed E-state index contributed by atoms with van der Waals surface area (Å²) in [5, 5.41) is 8.79. The number of aryl methyl sites for hydroxylation is 2. The first-order valence-corrected chi connectivity index (χ1v) is 8.55. The van der Waals surface area contributed by atoms with Crippen LogP contribution in [0.1, 0.15) is 44.1 Å². The van der Waals surface area contributed by atoms with E-state index in [2.05, 4.69) is 6.07 Å². The third-order valence-electron chi connectivity index (χ3n) is 3.84. The van der Waals surface area contributed by atoms with Crippen molar-refractivity contribution in [3.8, 4) is 6.07 Å². The maximum atomic E-state index is 12.2. The lowest BCUT2D eigenvalue weighted by atomic mass is 10.1. The van der Waals surface area contributed by atoms with Gasteiger partial charge in [0.1, 0.15) is 0 Å². The Labute approximate surface area is 146 Å². The van der Waals surface area contributed by atoms with E-state index >= 15 is 0 Å². The summed E-state index contributed by atoms with van der Waals surface area (Å²) >= 11 is 1.60. The minimum Gasteiger partial charge on any atom is -0.341 e.